The van der Waals surface area contributed by atoms with Crippen LogP contribution in [0.15, 0.2) is 0 Å². The first-order valence-corrected chi connectivity index (χ1v) is 6.50. The minimum absolute atomic E-state index is 0.638. The van der Waals surface area contributed by atoms with Crippen LogP contribution in [0.2, 0.25) is 0 Å². The molecule has 1 aliphatic heterocycles. The van der Waals surface area contributed by atoms with E-state index >= 15 is 0 Å². The molecule has 1 fully saturated rings. The monoisotopic (exact) mass is 205 g/mol. The van der Waals surface area contributed by atoms with Gasteiger partial charge in [0.05, 0.1) is 5.75 Å². The lowest BCUT2D eigenvalue weighted by molar-refractivity contribution is 0.244. The van der Waals surface area contributed by atoms with Crippen molar-refractivity contribution in [3.05, 3.63) is 5.75 Å². The Bertz CT molecular complexity index is 233. The highest BCUT2D eigenvalue weighted by molar-refractivity contribution is 7.92. The van der Waals surface area contributed by atoms with Gasteiger partial charge in [-0.05, 0) is 13.0 Å². The van der Waals surface area contributed by atoms with Gasteiger partial charge in [0.1, 0.15) is 0 Å². The highest BCUT2D eigenvalue weighted by Gasteiger charge is 2.10. The second kappa shape index (κ2) is 4.93. The van der Waals surface area contributed by atoms with Gasteiger partial charge in [0.15, 0.2) is 9.84 Å². The summed E-state index contributed by atoms with van der Waals surface area (Å²) in [5, 5.41) is 3.25. The van der Waals surface area contributed by atoms with Crippen LogP contribution in [-0.4, -0.2) is 52.3 Å². The van der Waals surface area contributed by atoms with Crippen LogP contribution in [0.4, 0.5) is 0 Å². The van der Waals surface area contributed by atoms with Crippen LogP contribution in [0.25, 0.3) is 0 Å². The Morgan fingerprint density at radius 2 is 2.00 bits per heavy atom. The molecule has 0 spiro atoms. The zero-order valence-electron chi connectivity index (χ0n) is 7.99. The summed E-state index contributed by atoms with van der Waals surface area (Å²) < 4.78 is 21.6. The molecule has 0 unspecified atom stereocenters. The van der Waals surface area contributed by atoms with Crippen LogP contribution in [-0.2, 0) is 9.84 Å². The Balaban J connectivity index is 2.11. The third-order valence-corrected chi connectivity index (χ3v) is 2.92. The number of piperazine rings is 1. The molecule has 1 aliphatic rings. The number of hydrogen-bond donors (Lipinski definition) is 1. The molecule has 0 bridgehead atoms. The van der Waals surface area contributed by atoms with Gasteiger partial charge in [-0.1, -0.05) is 0 Å². The molecular weight excluding hydrogens is 188 g/mol. The van der Waals surface area contributed by atoms with Crippen LogP contribution in [0.5, 0.6) is 0 Å². The molecule has 0 aromatic rings. The van der Waals surface area contributed by atoms with Crippen LogP contribution in [0.1, 0.15) is 6.42 Å². The molecule has 1 rings (SSSR count). The fourth-order valence-corrected chi connectivity index (χ4v) is 1.92. The summed E-state index contributed by atoms with van der Waals surface area (Å²) in [5.41, 5.74) is 0. The van der Waals surface area contributed by atoms with Crippen LogP contribution >= 0.6 is 0 Å². The summed E-state index contributed by atoms with van der Waals surface area (Å²) in [6.07, 6.45) is 1.88. The smallest absolute Gasteiger partial charge is 0.151 e. The van der Waals surface area contributed by atoms with E-state index in [0.29, 0.717) is 6.42 Å². The highest BCUT2D eigenvalue weighted by Crippen LogP contribution is 2.00. The molecule has 1 saturated heterocycles. The van der Waals surface area contributed by atoms with Gasteiger partial charge in [0, 0.05) is 32.4 Å². The normalized spacial score (nSPS) is 20.4. The maximum Gasteiger partial charge on any atom is 0.151 e. The van der Waals surface area contributed by atoms with E-state index in [2.05, 4.69) is 10.2 Å². The van der Waals surface area contributed by atoms with Crippen LogP contribution in [0.3, 0.4) is 0 Å². The molecular formula is C8H17N2O2S. The van der Waals surface area contributed by atoms with Crippen LogP contribution in [0, 0.1) is 5.75 Å². The van der Waals surface area contributed by atoms with Gasteiger partial charge in [0.25, 0.3) is 0 Å². The van der Waals surface area contributed by atoms with Gasteiger partial charge >= 0.3 is 0 Å². The number of hydrogen-bond acceptors (Lipinski definition) is 4. The van der Waals surface area contributed by atoms with Gasteiger partial charge in [-0.3, -0.25) is 0 Å². The van der Waals surface area contributed by atoms with E-state index in [1.54, 1.807) is 0 Å². The number of nitrogens with zero attached hydrogens (tertiary/aromatic N) is 1. The van der Waals surface area contributed by atoms with Crippen molar-refractivity contribution < 1.29 is 8.42 Å². The summed E-state index contributed by atoms with van der Waals surface area (Å²) >= 11 is 0. The summed E-state index contributed by atoms with van der Waals surface area (Å²) in [4.78, 5) is 2.28. The first-order valence-electron chi connectivity index (χ1n) is 4.54. The summed E-state index contributed by atoms with van der Waals surface area (Å²) in [5.74, 6) is 1.40. The van der Waals surface area contributed by atoms with E-state index in [1.165, 1.54) is 12.0 Å². The Hall–Kier alpha value is -0.130. The van der Waals surface area contributed by atoms with Crippen molar-refractivity contribution in [2.24, 2.45) is 0 Å². The lowest BCUT2D eigenvalue weighted by Gasteiger charge is -2.26. The van der Waals surface area contributed by atoms with Crippen molar-refractivity contribution in [2.75, 3.05) is 39.0 Å². The largest absolute Gasteiger partial charge is 0.314 e. The van der Waals surface area contributed by atoms with Crippen molar-refractivity contribution in [3.63, 3.8) is 0 Å². The van der Waals surface area contributed by atoms with Gasteiger partial charge in [-0.2, -0.15) is 0 Å². The quantitative estimate of drug-likeness (QED) is 0.671. The van der Waals surface area contributed by atoms with Gasteiger partial charge < -0.3 is 10.2 Å². The Morgan fingerprint density at radius 3 is 2.54 bits per heavy atom. The summed E-state index contributed by atoms with van der Waals surface area (Å²) in [6.45, 7) is 4.93. The van der Waals surface area contributed by atoms with E-state index in [-0.39, 0.29) is 0 Å². The molecule has 0 aliphatic carbocycles. The molecule has 0 aromatic carbocycles. The lowest BCUT2D eigenvalue weighted by atomic mass is 10.3. The summed E-state index contributed by atoms with van der Waals surface area (Å²) in [6, 6.07) is 0. The fraction of sp³-hybridized carbons (Fsp3) is 0.875. The average molecular weight is 205 g/mol. The molecule has 0 saturated carbocycles. The predicted octanol–water partition coefficient (Wildman–Crippen LogP) is -0.512. The number of rotatable bonds is 4. The Labute approximate surface area is 80.2 Å². The Morgan fingerprint density at radius 1 is 1.38 bits per heavy atom. The number of sulfone groups is 1. The van der Waals surface area contributed by atoms with E-state index in [4.69, 9.17) is 0 Å². The molecule has 13 heavy (non-hydrogen) atoms. The van der Waals surface area contributed by atoms with Gasteiger partial charge in [0.2, 0.25) is 0 Å². The molecule has 5 heteroatoms. The standard InChI is InChI=1S/C8H17N2O2S/c1-13(11,12)8-2-5-10-6-3-9-4-7-10/h8-9H,2-7H2,1H3. The molecule has 77 valence electrons. The molecule has 1 heterocycles. The minimum atomic E-state index is -2.89. The first kappa shape index (κ1) is 10.9. The SMILES string of the molecule is CS(=O)(=O)[CH]CCN1CCNCC1. The molecule has 0 aromatic heterocycles. The predicted molar refractivity (Wildman–Crippen MR) is 53.1 cm³/mol. The van der Waals surface area contributed by atoms with Gasteiger partial charge in [-0.25, -0.2) is 8.42 Å². The number of nitrogens with one attached hydrogen (secondary N) is 1. The minimum Gasteiger partial charge on any atom is -0.314 e. The Kier molecular flexibility index (Phi) is 4.15. The molecule has 0 atom stereocenters. The van der Waals surface area contributed by atoms with Crippen molar-refractivity contribution in [3.8, 4) is 0 Å². The zero-order valence-corrected chi connectivity index (χ0v) is 8.81. The first-order chi connectivity index (χ1) is 6.08. The zero-order chi connectivity index (χ0) is 9.73. The average Bonchev–Trinajstić information content (AvgIpc) is 2.04. The summed E-state index contributed by atoms with van der Waals surface area (Å²) in [7, 11) is -2.89. The van der Waals surface area contributed by atoms with Crippen molar-refractivity contribution in [2.45, 2.75) is 6.42 Å². The van der Waals surface area contributed by atoms with Crippen molar-refractivity contribution in [1.82, 2.24) is 10.2 Å². The third kappa shape index (κ3) is 5.23. The maximum absolute atomic E-state index is 10.8. The third-order valence-electron chi connectivity index (χ3n) is 2.08. The van der Waals surface area contributed by atoms with Crippen LogP contribution < -0.4 is 5.32 Å². The molecule has 1 N–H and O–H groups in total. The molecule has 0 amide bonds. The van der Waals surface area contributed by atoms with E-state index < -0.39 is 9.84 Å². The topological polar surface area (TPSA) is 49.4 Å². The van der Waals surface area contributed by atoms with Crippen molar-refractivity contribution in [1.29, 1.82) is 0 Å². The highest BCUT2D eigenvalue weighted by atomic mass is 32.2. The van der Waals surface area contributed by atoms with E-state index in [1.807, 2.05) is 0 Å². The molecule has 4 nitrogen and oxygen atoms in total. The maximum atomic E-state index is 10.8. The van der Waals surface area contributed by atoms with E-state index in [9.17, 15) is 8.42 Å². The fourth-order valence-electron chi connectivity index (χ4n) is 1.38. The lowest BCUT2D eigenvalue weighted by Crippen LogP contribution is -2.43. The van der Waals surface area contributed by atoms with Crippen molar-refractivity contribution >= 4 is 9.84 Å². The second-order valence-electron chi connectivity index (χ2n) is 3.38. The second-order valence-corrected chi connectivity index (χ2v) is 5.37. The molecule has 1 radical (unpaired) electrons. The van der Waals surface area contributed by atoms with Gasteiger partial charge in [-0.15, -0.1) is 0 Å². The van der Waals surface area contributed by atoms with E-state index in [0.717, 1.165) is 32.7 Å².